The number of rotatable bonds is 6. The number of carbonyl (C=O) groups excluding carboxylic acids is 2. The number of carbonyl (C=O) groups is 2. The van der Waals surface area contributed by atoms with Crippen LogP contribution in [0.5, 0.6) is 0 Å². The van der Waals surface area contributed by atoms with Crippen LogP contribution in [-0.4, -0.2) is 93.3 Å². The molecule has 10 heteroatoms. The maximum Gasteiger partial charge on any atom is 0.410 e. The molecule has 2 saturated heterocycles. The van der Waals surface area contributed by atoms with Crippen LogP contribution in [0, 0.1) is 0 Å². The van der Waals surface area contributed by atoms with Gasteiger partial charge in [-0.15, -0.1) is 0 Å². The molecule has 5 heterocycles. The number of nitrogens with zero attached hydrogens (tertiary/aromatic N) is 7. The lowest BCUT2D eigenvalue weighted by molar-refractivity contribution is -0.126. The average Bonchev–Trinajstić information content (AvgIpc) is 3.78. The SMILES string of the molecule is CC(C)n1cnc2cc(-c3ccc4c(c3)N(C3CC(N5CCCCC5)C3)C(=O)C43CCN(C(=O)OC(C)(C)C)CC3)nc(N(C)C3CC3)c21. The molecule has 0 unspecified atom stereocenters. The molecule has 1 aromatic carbocycles. The first-order chi connectivity index (χ1) is 23.4. The number of hydrogen-bond donors (Lipinski definition) is 0. The van der Waals surface area contributed by atoms with E-state index in [0.717, 1.165) is 52.2 Å². The lowest BCUT2D eigenvalue weighted by Crippen LogP contribution is -2.58. The Hall–Kier alpha value is -3.66. The number of aromatic nitrogens is 3. The van der Waals surface area contributed by atoms with Crippen molar-refractivity contribution in [3.8, 4) is 11.3 Å². The maximum absolute atomic E-state index is 14.8. The zero-order valence-electron chi connectivity index (χ0n) is 30.2. The van der Waals surface area contributed by atoms with E-state index in [9.17, 15) is 9.59 Å². The van der Waals surface area contributed by atoms with Crippen molar-refractivity contribution in [2.75, 3.05) is 43.0 Å². The molecule has 2 saturated carbocycles. The molecule has 10 nitrogen and oxygen atoms in total. The number of imidazole rings is 1. The second-order valence-corrected chi connectivity index (χ2v) is 16.6. The second kappa shape index (κ2) is 12.0. The fourth-order valence-electron chi connectivity index (χ4n) is 8.81. The Morgan fingerprint density at radius 1 is 1.00 bits per heavy atom. The third-order valence-electron chi connectivity index (χ3n) is 11.8. The van der Waals surface area contributed by atoms with E-state index in [0.29, 0.717) is 38.0 Å². The van der Waals surface area contributed by atoms with Crippen molar-refractivity contribution in [1.29, 1.82) is 0 Å². The Balaban J connectivity index is 1.15. The molecule has 2 amide bonds. The number of fused-ring (bicyclic) bond motifs is 3. The van der Waals surface area contributed by atoms with E-state index >= 15 is 0 Å². The van der Waals surface area contributed by atoms with Gasteiger partial charge in [0, 0.05) is 55.6 Å². The molecule has 49 heavy (non-hydrogen) atoms. The van der Waals surface area contributed by atoms with Gasteiger partial charge < -0.3 is 28.9 Å². The molecule has 1 spiro atoms. The highest BCUT2D eigenvalue weighted by Crippen LogP contribution is 2.52. The number of ether oxygens (including phenoxy) is 1. The second-order valence-electron chi connectivity index (χ2n) is 16.6. The molecule has 0 bridgehead atoms. The van der Waals surface area contributed by atoms with E-state index < -0.39 is 11.0 Å². The van der Waals surface area contributed by atoms with Gasteiger partial charge in [0.15, 0.2) is 5.82 Å². The first-order valence-corrected chi connectivity index (χ1v) is 18.7. The fourth-order valence-corrected chi connectivity index (χ4v) is 8.81. The van der Waals surface area contributed by atoms with Gasteiger partial charge in [0.1, 0.15) is 11.1 Å². The number of likely N-dealkylation sites (tertiary alicyclic amines) is 2. The summed E-state index contributed by atoms with van der Waals surface area (Å²) >= 11 is 0. The Labute approximate surface area is 290 Å². The van der Waals surface area contributed by atoms with Gasteiger partial charge in [-0.3, -0.25) is 4.79 Å². The van der Waals surface area contributed by atoms with Gasteiger partial charge in [0.25, 0.3) is 0 Å². The predicted molar refractivity (Wildman–Crippen MR) is 193 cm³/mol. The predicted octanol–water partition coefficient (Wildman–Crippen LogP) is 6.91. The first-order valence-electron chi connectivity index (χ1n) is 18.7. The molecular weight excluding hydrogens is 614 g/mol. The molecule has 3 aromatic rings. The number of pyridine rings is 1. The van der Waals surface area contributed by atoms with E-state index in [2.05, 4.69) is 64.4 Å². The van der Waals surface area contributed by atoms with Crippen LogP contribution in [0.4, 0.5) is 16.3 Å². The van der Waals surface area contributed by atoms with Gasteiger partial charge in [0.2, 0.25) is 5.91 Å². The molecule has 262 valence electrons. The highest BCUT2D eigenvalue weighted by Gasteiger charge is 2.56. The summed E-state index contributed by atoms with van der Waals surface area (Å²) < 4.78 is 7.93. The summed E-state index contributed by atoms with van der Waals surface area (Å²) in [7, 11) is 2.16. The van der Waals surface area contributed by atoms with Gasteiger partial charge in [-0.2, -0.15) is 0 Å². The Morgan fingerprint density at radius 3 is 2.37 bits per heavy atom. The zero-order valence-corrected chi connectivity index (χ0v) is 30.2. The van der Waals surface area contributed by atoms with Gasteiger partial charge in [0.05, 0.1) is 23.0 Å². The van der Waals surface area contributed by atoms with Crippen LogP contribution in [-0.2, 0) is 14.9 Å². The summed E-state index contributed by atoms with van der Waals surface area (Å²) in [6, 6.07) is 10.2. The molecule has 0 N–H and O–H groups in total. The summed E-state index contributed by atoms with van der Waals surface area (Å²) in [6.07, 6.45) is 11.1. The summed E-state index contributed by atoms with van der Waals surface area (Å²) in [5, 5.41) is 0. The van der Waals surface area contributed by atoms with Crippen molar-refractivity contribution in [1.82, 2.24) is 24.3 Å². The topological polar surface area (TPSA) is 87.0 Å². The number of hydrogen-bond acceptors (Lipinski definition) is 7. The van der Waals surface area contributed by atoms with Gasteiger partial charge in [-0.1, -0.05) is 18.6 Å². The molecular formula is C39H53N7O3. The molecule has 5 aliphatic rings. The summed E-state index contributed by atoms with van der Waals surface area (Å²) in [4.78, 5) is 46.9. The highest BCUT2D eigenvalue weighted by molar-refractivity contribution is 6.09. The summed E-state index contributed by atoms with van der Waals surface area (Å²) in [6.45, 7) is 13.4. The summed E-state index contributed by atoms with van der Waals surface area (Å²) in [5.41, 5.74) is 4.88. The highest BCUT2D eigenvalue weighted by atomic mass is 16.6. The van der Waals surface area contributed by atoms with E-state index in [1.807, 2.05) is 27.1 Å². The molecule has 2 aromatic heterocycles. The van der Waals surface area contributed by atoms with Crippen LogP contribution in [0.1, 0.15) is 104 Å². The van der Waals surface area contributed by atoms with E-state index in [-0.39, 0.29) is 24.1 Å². The standard InChI is InChI=1S/C39H53N7O3/c1-25(2)45-24-40-32-23-31(41-35(34(32)45)42(6)27-11-12-27)26-10-13-30-33(20-26)46(29-21-28(22-29)43-16-8-7-9-17-43)36(47)39(30)14-18-44(19-15-39)37(48)49-38(3,4)5/h10,13,20,23-25,27-29H,7-9,11-12,14-19,21-22H2,1-6H3. The molecule has 0 radical (unpaired) electrons. The minimum Gasteiger partial charge on any atom is -0.444 e. The molecule has 3 aliphatic heterocycles. The maximum atomic E-state index is 14.8. The Kier molecular flexibility index (Phi) is 7.96. The van der Waals surface area contributed by atoms with Crippen LogP contribution < -0.4 is 9.80 Å². The smallest absolute Gasteiger partial charge is 0.410 e. The molecule has 0 atom stereocenters. The quantitative estimate of drug-likeness (QED) is 0.282. The lowest BCUT2D eigenvalue weighted by Gasteiger charge is -2.48. The summed E-state index contributed by atoms with van der Waals surface area (Å²) in [5.74, 6) is 1.18. The van der Waals surface area contributed by atoms with E-state index in [1.165, 1.54) is 45.2 Å². The van der Waals surface area contributed by atoms with Gasteiger partial charge >= 0.3 is 6.09 Å². The number of amides is 2. The van der Waals surface area contributed by atoms with Crippen molar-refractivity contribution in [2.24, 2.45) is 0 Å². The fraction of sp³-hybridized carbons (Fsp3) is 0.641. The van der Waals surface area contributed by atoms with Gasteiger partial charge in [-0.25, -0.2) is 14.8 Å². The average molecular weight is 668 g/mol. The van der Waals surface area contributed by atoms with Crippen LogP contribution >= 0.6 is 0 Å². The van der Waals surface area contributed by atoms with Crippen molar-refractivity contribution < 1.29 is 14.3 Å². The minimum absolute atomic E-state index is 0.186. The third-order valence-corrected chi connectivity index (χ3v) is 11.8. The monoisotopic (exact) mass is 667 g/mol. The first kappa shape index (κ1) is 32.5. The third kappa shape index (κ3) is 5.68. The number of benzene rings is 1. The van der Waals surface area contributed by atoms with Crippen LogP contribution in [0.3, 0.4) is 0 Å². The number of piperidine rings is 2. The van der Waals surface area contributed by atoms with E-state index in [1.54, 1.807) is 4.90 Å². The van der Waals surface area contributed by atoms with Crippen molar-refractivity contribution in [3.05, 3.63) is 36.2 Å². The Morgan fingerprint density at radius 2 is 1.71 bits per heavy atom. The van der Waals surface area contributed by atoms with Crippen molar-refractivity contribution >= 4 is 34.5 Å². The van der Waals surface area contributed by atoms with Gasteiger partial charge in [-0.05, 0) is 117 Å². The minimum atomic E-state index is -0.632. The molecule has 8 rings (SSSR count). The largest absolute Gasteiger partial charge is 0.444 e. The molecule has 2 aliphatic carbocycles. The van der Waals surface area contributed by atoms with Crippen LogP contribution in [0.15, 0.2) is 30.6 Å². The zero-order chi connectivity index (χ0) is 34.2. The number of anilines is 2. The Bertz CT molecular complexity index is 1750. The van der Waals surface area contributed by atoms with Crippen LogP contribution in [0.2, 0.25) is 0 Å². The molecule has 4 fully saturated rings. The van der Waals surface area contributed by atoms with Crippen LogP contribution in [0.25, 0.3) is 22.3 Å². The normalized spacial score (nSPS) is 24.1. The van der Waals surface area contributed by atoms with E-state index in [4.69, 9.17) is 14.7 Å². The lowest BCUT2D eigenvalue weighted by atomic mass is 9.73. The van der Waals surface area contributed by atoms with Crippen molar-refractivity contribution in [3.63, 3.8) is 0 Å². The van der Waals surface area contributed by atoms with Crippen molar-refractivity contribution in [2.45, 2.75) is 128 Å².